The molecule has 0 spiro atoms. The van der Waals surface area contributed by atoms with Crippen molar-refractivity contribution in [3.8, 4) is 0 Å². The summed E-state index contributed by atoms with van der Waals surface area (Å²) in [6, 6.07) is 12.5. The van der Waals surface area contributed by atoms with Gasteiger partial charge in [-0.15, -0.1) is 0 Å². The first-order valence-corrected chi connectivity index (χ1v) is 8.89. The third kappa shape index (κ3) is 4.07. The maximum Gasteiger partial charge on any atom is 1.00 e. The second-order valence-electron chi connectivity index (χ2n) is 5.13. The summed E-state index contributed by atoms with van der Waals surface area (Å²) in [6.07, 6.45) is -0.295. The molecule has 0 saturated heterocycles. The van der Waals surface area contributed by atoms with Crippen LogP contribution in [0.4, 0.5) is 0 Å². The smallest absolute Gasteiger partial charge is 0.550 e. The Morgan fingerprint density at radius 1 is 1.16 bits per heavy atom. The van der Waals surface area contributed by atoms with Crippen LogP contribution < -0.4 is 34.7 Å². The molecule has 0 aliphatic carbocycles. The second-order valence-corrected chi connectivity index (χ2v) is 7.30. The molecule has 0 N–H and O–H groups in total. The number of rotatable bonds is 5. The van der Waals surface area contributed by atoms with Crippen molar-refractivity contribution in [2.24, 2.45) is 0 Å². The molecule has 0 fully saturated rings. The second kappa shape index (κ2) is 7.88. The Hall–Kier alpha value is -1.38. The monoisotopic (exact) mass is 386 g/mol. The average Bonchev–Trinajstić information content (AvgIpc) is 2.91. The van der Waals surface area contributed by atoms with Gasteiger partial charge in [0.25, 0.3) is 10.0 Å². The number of nitrogens with zero attached hydrogens (tertiary/aromatic N) is 2. The van der Waals surface area contributed by atoms with Gasteiger partial charge in [0, 0.05) is 11.7 Å². The van der Waals surface area contributed by atoms with Crippen LogP contribution in [0.25, 0.3) is 11.0 Å². The standard InChI is InChI=1S/C16H13ClN2O4S.Na/c17-15-8-7-14-13(18-15)10-11(6-9-16(20)21)19(14)24(22,23)12-4-2-1-3-5-12;/h1-5,7-8,10H,6,9H2,(H,20,21);/q;+1/p-1. The van der Waals surface area contributed by atoms with Gasteiger partial charge >= 0.3 is 29.6 Å². The van der Waals surface area contributed by atoms with Gasteiger partial charge in [-0.25, -0.2) is 17.4 Å². The number of carboxylic acid groups (broad SMARTS) is 1. The molecule has 0 unspecified atom stereocenters. The zero-order valence-electron chi connectivity index (χ0n) is 13.3. The Morgan fingerprint density at radius 2 is 1.84 bits per heavy atom. The topological polar surface area (TPSA) is 92.1 Å². The molecule has 0 saturated carbocycles. The van der Waals surface area contributed by atoms with Crippen molar-refractivity contribution >= 4 is 38.6 Å². The van der Waals surface area contributed by atoms with Crippen molar-refractivity contribution in [3.05, 3.63) is 59.4 Å². The SMILES string of the molecule is O=C([O-])CCc1cc2nc(Cl)ccc2n1S(=O)(=O)c1ccccc1.[Na+]. The predicted octanol–water partition coefficient (Wildman–Crippen LogP) is -1.39. The summed E-state index contributed by atoms with van der Waals surface area (Å²) in [5, 5.41) is 11.0. The summed E-state index contributed by atoms with van der Waals surface area (Å²) in [4.78, 5) is 15.0. The molecule has 0 atom stereocenters. The number of benzene rings is 1. The van der Waals surface area contributed by atoms with E-state index in [1.54, 1.807) is 24.3 Å². The Labute approximate surface area is 171 Å². The van der Waals surface area contributed by atoms with Crippen molar-refractivity contribution in [2.75, 3.05) is 0 Å². The van der Waals surface area contributed by atoms with E-state index in [1.807, 2.05) is 0 Å². The number of aromatic nitrogens is 2. The number of carbonyl (C=O) groups excluding carboxylic acids is 1. The first-order chi connectivity index (χ1) is 11.4. The van der Waals surface area contributed by atoms with Gasteiger partial charge in [-0.1, -0.05) is 29.8 Å². The van der Waals surface area contributed by atoms with Crippen LogP contribution >= 0.6 is 11.6 Å². The Bertz CT molecular complexity index is 1020. The number of carboxylic acids is 1. The van der Waals surface area contributed by atoms with Crippen LogP contribution in [-0.2, 0) is 21.2 Å². The van der Waals surface area contributed by atoms with Gasteiger partial charge in [0.05, 0.1) is 15.9 Å². The molecule has 0 radical (unpaired) electrons. The van der Waals surface area contributed by atoms with Gasteiger partial charge in [0.2, 0.25) is 0 Å². The van der Waals surface area contributed by atoms with E-state index in [0.29, 0.717) is 16.7 Å². The summed E-state index contributed by atoms with van der Waals surface area (Å²) in [5.74, 6) is -1.25. The van der Waals surface area contributed by atoms with Crippen LogP contribution in [0.5, 0.6) is 0 Å². The molecule has 3 rings (SSSR count). The van der Waals surface area contributed by atoms with Crippen molar-refractivity contribution in [1.82, 2.24) is 8.96 Å². The minimum Gasteiger partial charge on any atom is -0.550 e. The van der Waals surface area contributed by atoms with E-state index in [2.05, 4.69) is 4.98 Å². The van der Waals surface area contributed by atoms with Crippen molar-refractivity contribution in [2.45, 2.75) is 17.7 Å². The maximum atomic E-state index is 13.0. The molecule has 0 bridgehead atoms. The molecule has 9 heteroatoms. The van der Waals surface area contributed by atoms with Crippen LogP contribution in [0.2, 0.25) is 5.15 Å². The van der Waals surface area contributed by atoms with Crippen LogP contribution in [0.1, 0.15) is 12.1 Å². The van der Waals surface area contributed by atoms with E-state index in [0.717, 1.165) is 3.97 Å². The third-order valence-electron chi connectivity index (χ3n) is 3.52. The van der Waals surface area contributed by atoms with Crippen LogP contribution in [0, 0.1) is 0 Å². The predicted molar refractivity (Wildman–Crippen MR) is 87.1 cm³/mol. The van der Waals surface area contributed by atoms with Crippen LogP contribution in [-0.4, -0.2) is 23.3 Å². The molecule has 0 aliphatic heterocycles. The van der Waals surface area contributed by atoms with E-state index in [4.69, 9.17) is 11.6 Å². The fourth-order valence-electron chi connectivity index (χ4n) is 2.48. The van der Waals surface area contributed by atoms with E-state index in [-0.39, 0.29) is 52.4 Å². The Kier molecular flexibility index (Phi) is 6.29. The maximum absolute atomic E-state index is 13.0. The fraction of sp³-hybridized carbons (Fsp3) is 0.125. The third-order valence-corrected chi connectivity index (χ3v) is 5.51. The summed E-state index contributed by atoms with van der Waals surface area (Å²) in [6.45, 7) is 0. The largest absolute Gasteiger partial charge is 1.00 e. The molecule has 25 heavy (non-hydrogen) atoms. The molecule has 124 valence electrons. The van der Waals surface area contributed by atoms with Crippen LogP contribution in [0.3, 0.4) is 0 Å². The van der Waals surface area contributed by atoms with Crippen molar-refractivity contribution in [3.63, 3.8) is 0 Å². The molecule has 6 nitrogen and oxygen atoms in total. The van der Waals surface area contributed by atoms with E-state index in [9.17, 15) is 18.3 Å². The minimum absolute atomic E-state index is 0. The molecule has 0 aliphatic rings. The summed E-state index contributed by atoms with van der Waals surface area (Å²) >= 11 is 5.87. The fourth-order valence-corrected chi connectivity index (χ4v) is 4.21. The van der Waals surface area contributed by atoms with Gasteiger partial charge in [-0.2, -0.15) is 0 Å². The summed E-state index contributed by atoms with van der Waals surface area (Å²) < 4.78 is 27.1. The molecule has 0 amide bonds. The van der Waals surface area contributed by atoms with Gasteiger partial charge in [0.1, 0.15) is 5.15 Å². The number of aliphatic carboxylic acids is 1. The van der Waals surface area contributed by atoms with Crippen molar-refractivity contribution in [1.29, 1.82) is 0 Å². The molecule has 1 aromatic carbocycles. The minimum atomic E-state index is -3.89. The number of carbonyl (C=O) groups is 1. The first-order valence-electron chi connectivity index (χ1n) is 7.07. The first kappa shape index (κ1) is 19.9. The Balaban J connectivity index is 0.00000225. The molecule has 2 heterocycles. The number of halogens is 1. The van der Waals surface area contributed by atoms with Crippen LogP contribution in [0.15, 0.2) is 53.4 Å². The molecular formula is C16H12ClN2NaO4S. The molecule has 3 aromatic rings. The normalized spacial score (nSPS) is 11.2. The summed E-state index contributed by atoms with van der Waals surface area (Å²) in [5.41, 5.74) is 1.04. The average molecular weight is 387 g/mol. The molecule has 2 aromatic heterocycles. The Morgan fingerprint density at radius 3 is 2.48 bits per heavy atom. The van der Waals surface area contributed by atoms with E-state index >= 15 is 0 Å². The zero-order valence-corrected chi connectivity index (χ0v) is 16.9. The molecular weight excluding hydrogens is 375 g/mol. The summed E-state index contributed by atoms with van der Waals surface area (Å²) in [7, 11) is -3.89. The number of hydrogen-bond donors (Lipinski definition) is 0. The van der Waals surface area contributed by atoms with Gasteiger partial charge in [0.15, 0.2) is 0 Å². The van der Waals surface area contributed by atoms with Gasteiger partial charge in [-0.3, -0.25) is 0 Å². The zero-order chi connectivity index (χ0) is 17.3. The number of pyridine rings is 1. The number of hydrogen-bond acceptors (Lipinski definition) is 5. The van der Waals surface area contributed by atoms with E-state index in [1.165, 1.54) is 24.3 Å². The van der Waals surface area contributed by atoms with Gasteiger partial charge < -0.3 is 9.90 Å². The van der Waals surface area contributed by atoms with Gasteiger partial charge in [-0.05, 0) is 43.2 Å². The van der Waals surface area contributed by atoms with E-state index < -0.39 is 16.0 Å². The number of aryl methyl sites for hydroxylation is 1. The number of fused-ring (bicyclic) bond motifs is 1. The quantitative estimate of drug-likeness (QED) is 0.398. The van der Waals surface area contributed by atoms with Crippen molar-refractivity contribution < 1.29 is 47.9 Å².